The number of benzene rings is 4. The smallest absolute Gasteiger partial charge is 0.261 e. The summed E-state index contributed by atoms with van der Waals surface area (Å²) in [6.45, 7) is 30.1. The van der Waals surface area contributed by atoms with Gasteiger partial charge in [-0.15, -0.1) is 0 Å². The van der Waals surface area contributed by atoms with Gasteiger partial charge in [0.15, 0.2) is 0 Å². The van der Waals surface area contributed by atoms with Gasteiger partial charge in [0.25, 0.3) is 16.6 Å². The van der Waals surface area contributed by atoms with Crippen LogP contribution in [0.4, 0.5) is 0 Å². The highest BCUT2D eigenvalue weighted by atomic mass is 28.4. The average molecular weight is 747 g/mol. The normalized spacial score (nSPS) is 20.7. The van der Waals surface area contributed by atoms with Crippen LogP contribution in [0.25, 0.3) is 0 Å². The molecule has 0 amide bonds. The van der Waals surface area contributed by atoms with Gasteiger partial charge in [-0.2, -0.15) is 0 Å². The fourth-order valence-corrected chi connectivity index (χ4v) is 19.4. The van der Waals surface area contributed by atoms with Gasteiger partial charge in [-0.1, -0.05) is 204 Å². The molecule has 4 aromatic carbocycles. The van der Waals surface area contributed by atoms with E-state index in [-0.39, 0.29) is 27.0 Å². The van der Waals surface area contributed by atoms with Crippen molar-refractivity contribution in [3.63, 3.8) is 0 Å². The highest BCUT2D eigenvalue weighted by molar-refractivity contribution is 7.00. The molecule has 2 nitrogen and oxygen atoms in total. The SMILES string of the molecule is CC(C)[C@H](CC[C@H](C)[C@@]1(C)CC[C@@H](CO[Si](c2ccccc2)(c2ccccc2)C(C)(C)C)C1(C)C)O[Si](c1ccccc1)(c1ccccc1)C(C)(C)C. The van der Waals surface area contributed by atoms with Crippen LogP contribution < -0.4 is 20.7 Å². The molecule has 5 rings (SSSR count). The molecule has 0 saturated heterocycles. The Hall–Kier alpha value is -2.77. The quantitative estimate of drug-likeness (QED) is 0.120. The molecule has 0 N–H and O–H groups in total. The Kier molecular flexibility index (Phi) is 12.6. The molecule has 53 heavy (non-hydrogen) atoms. The Balaban J connectivity index is 1.39. The third-order valence-electron chi connectivity index (χ3n) is 13.9. The number of hydrogen-bond donors (Lipinski definition) is 0. The molecular formula is C49H70O2Si2. The van der Waals surface area contributed by atoms with Gasteiger partial charge in [-0.25, -0.2) is 0 Å². The number of hydrogen-bond acceptors (Lipinski definition) is 2. The van der Waals surface area contributed by atoms with Gasteiger partial charge in [0.2, 0.25) is 0 Å². The average Bonchev–Trinajstić information content (AvgIpc) is 3.36. The first kappa shape index (κ1) is 41.4. The van der Waals surface area contributed by atoms with Gasteiger partial charge < -0.3 is 8.85 Å². The van der Waals surface area contributed by atoms with Crippen molar-refractivity contribution < 1.29 is 8.85 Å². The van der Waals surface area contributed by atoms with E-state index >= 15 is 0 Å². The summed E-state index contributed by atoms with van der Waals surface area (Å²) >= 11 is 0. The molecule has 286 valence electrons. The molecule has 4 heteroatoms. The summed E-state index contributed by atoms with van der Waals surface area (Å²) < 4.78 is 15.4. The lowest BCUT2D eigenvalue weighted by Crippen LogP contribution is -2.68. The molecule has 0 aliphatic heterocycles. The minimum absolute atomic E-state index is 0.0218. The topological polar surface area (TPSA) is 18.5 Å². The Morgan fingerprint density at radius 2 is 0.962 bits per heavy atom. The zero-order valence-corrected chi connectivity index (χ0v) is 37.2. The van der Waals surface area contributed by atoms with Crippen molar-refractivity contribution in [1.29, 1.82) is 0 Å². The zero-order valence-electron chi connectivity index (χ0n) is 35.2. The molecule has 0 radical (unpaired) electrons. The van der Waals surface area contributed by atoms with Crippen LogP contribution in [-0.2, 0) is 8.85 Å². The van der Waals surface area contributed by atoms with Crippen molar-refractivity contribution in [2.45, 2.75) is 125 Å². The van der Waals surface area contributed by atoms with Gasteiger partial charge in [-0.3, -0.25) is 0 Å². The van der Waals surface area contributed by atoms with Crippen molar-refractivity contribution >= 4 is 37.4 Å². The predicted octanol–water partition coefficient (Wildman–Crippen LogP) is 11.0. The summed E-state index contributed by atoms with van der Waals surface area (Å²) in [7, 11) is -5.25. The van der Waals surface area contributed by atoms with Gasteiger partial charge in [0, 0.05) is 12.7 Å². The maximum Gasteiger partial charge on any atom is 0.261 e. The van der Waals surface area contributed by atoms with E-state index in [1.165, 1.54) is 33.6 Å². The summed E-state index contributed by atoms with van der Waals surface area (Å²) in [4.78, 5) is 0. The van der Waals surface area contributed by atoms with Gasteiger partial charge in [-0.05, 0) is 85.1 Å². The standard InChI is InChI=1S/C49H70O2Si2/c1-38(2)45(51-53(47(7,8)9,43-29-21-15-22-30-43)44-31-23-16-24-32-44)34-33-39(3)49(12)36-35-40(48(49,10)11)37-50-52(46(4,5)6,41-25-17-13-18-26-41)42-27-19-14-20-28-42/h13-32,38-40,45H,33-37H2,1-12H3/t39-,40-,45-,49+/m0/s1. The largest absolute Gasteiger partial charge is 0.407 e. The summed E-state index contributed by atoms with van der Waals surface area (Å²) in [5.41, 5.74) is 0.329. The minimum Gasteiger partial charge on any atom is -0.407 e. The molecule has 1 fully saturated rings. The molecular weight excluding hydrogens is 677 g/mol. The highest BCUT2D eigenvalue weighted by Gasteiger charge is 2.57. The second kappa shape index (κ2) is 16.1. The summed E-state index contributed by atoms with van der Waals surface area (Å²) in [6.07, 6.45) is 4.84. The van der Waals surface area contributed by atoms with Crippen molar-refractivity contribution in [1.82, 2.24) is 0 Å². The maximum atomic E-state index is 7.77. The van der Waals surface area contributed by atoms with E-state index in [0.717, 1.165) is 19.4 Å². The minimum atomic E-state index is -2.65. The first-order valence-electron chi connectivity index (χ1n) is 20.5. The second-order valence-electron chi connectivity index (χ2n) is 19.4. The van der Waals surface area contributed by atoms with Crippen molar-refractivity contribution in [2.24, 2.45) is 28.6 Å². The van der Waals surface area contributed by atoms with Crippen molar-refractivity contribution in [3.05, 3.63) is 121 Å². The van der Waals surface area contributed by atoms with E-state index in [1.54, 1.807) is 0 Å². The second-order valence-corrected chi connectivity index (χ2v) is 27.9. The Morgan fingerprint density at radius 1 is 0.585 bits per heavy atom. The highest BCUT2D eigenvalue weighted by Crippen LogP contribution is 2.61. The van der Waals surface area contributed by atoms with Gasteiger partial charge in [0.05, 0.1) is 0 Å². The first-order valence-corrected chi connectivity index (χ1v) is 24.3. The summed E-state index contributed by atoms with van der Waals surface area (Å²) in [5, 5.41) is 5.41. The monoisotopic (exact) mass is 746 g/mol. The molecule has 4 aromatic rings. The lowest BCUT2D eigenvalue weighted by atomic mass is 9.59. The van der Waals surface area contributed by atoms with Crippen LogP contribution in [0.3, 0.4) is 0 Å². The van der Waals surface area contributed by atoms with Crippen LogP contribution in [-0.4, -0.2) is 29.3 Å². The van der Waals surface area contributed by atoms with Crippen molar-refractivity contribution in [2.75, 3.05) is 6.61 Å². The maximum absolute atomic E-state index is 7.77. The van der Waals surface area contributed by atoms with Crippen LogP contribution in [0.2, 0.25) is 10.1 Å². The molecule has 0 unspecified atom stereocenters. The summed E-state index contributed by atoms with van der Waals surface area (Å²) in [5.74, 6) is 1.46. The lowest BCUT2D eigenvalue weighted by Gasteiger charge is -2.49. The van der Waals surface area contributed by atoms with Crippen LogP contribution >= 0.6 is 0 Å². The van der Waals surface area contributed by atoms with Gasteiger partial charge >= 0.3 is 0 Å². The Morgan fingerprint density at radius 3 is 1.32 bits per heavy atom. The van der Waals surface area contributed by atoms with Crippen LogP contribution in [0.15, 0.2) is 121 Å². The van der Waals surface area contributed by atoms with Gasteiger partial charge in [0.1, 0.15) is 0 Å². The van der Waals surface area contributed by atoms with Crippen LogP contribution in [0, 0.1) is 28.6 Å². The van der Waals surface area contributed by atoms with Crippen molar-refractivity contribution in [3.8, 4) is 0 Å². The Labute approximate surface area is 326 Å². The van der Waals surface area contributed by atoms with E-state index in [9.17, 15) is 0 Å². The molecule has 1 aliphatic carbocycles. The molecule has 0 heterocycles. The fourth-order valence-electron chi connectivity index (χ4n) is 9.96. The fraction of sp³-hybridized carbons (Fsp3) is 0.510. The third kappa shape index (κ3) is 7.86. The third-order valence-corrected chi connectivity index (χ3v) is 23.9. The predicted molar refractivity (Wildman–Crippen MR) is 234 cm³/mol. The van der Waals surface area contributed by atoms with E-state index in [1.807, 2.05) is 0 Å². The van der Waals surface area contributed by atoms with Crippen LogP contribution in [0.5, 0.6) is 0 Å². The van der Waals surface area contributed by atoms with E-state index < -0.39 is 16.6 Å². The van der Waals surface area contributed by atoms with E-state index in [2.05, 4.69) is 204 Å². The molecule has 1 aliphatic rings. The molecule has 0 spiro atoms. The lowest BCUT2D eigenvalue weighted by molar-refractivity contribution is 0.00718. The molecule has 1 saturated carbocycles. The van der Waals surface area contributed by atoms with E-state index in [4.69, 9.17) is 8.85 Å². The molecule has 0 aromatic heterocycles. The van der Waals surface area contributed by atoms with E-state index in [0.29, 0.717) is 17.8 Å². The Bertz CT molecular complexity index is 1630. The zero-order chi connectivity index (χ0) is 38.7. The first-order chi connectivity index (χ1) is 24.9. The number of rotatable bonds is 14. The molecule has 4 atom stereocenters. The summed E-state index contributed by atoms with van der Waals surface area (Å²) in [6, 6.07) is 44.6. The molecule has 0 bridgehead atoms. The van der Waals surface area contributed by atoms with Crippen LogP contribution in [0.1, 0.15) is 109 Å².